The predicted molar refractivity (Wildman–Crippen MR) is 86.4 cm³/mol. The van der Waals surface area contributed by atoms with E-state index in [0.717, 1.165) is 17.8 Å². The van der Waals surface area contributed by atoms with Crippen LogP contribution in [0.5, 0.6) is 11.5 Å². The first-order chi connectivity index (χ1) is 10.1. The van der Waals surface area contributed by atoms with Crippen molar-refractivity contribution >= 4 is 22.9 Å². The first-order valence-electron chi connectivity index (χ1n) is 6.69. The molecule has 114 valence electrons. The molecule has 0 unspecified atom stereocenters. The molecule has 0 aliphatic rings. The Morgan fingerprint density at radius 2 is 2.19 bits per heavy atom. The number of hydrogen-bond donors (Lipinski definition) is 1. The van der Waals surface area contributed by atoms with Crippen LogP contribution in [0.15, 0.2) is 23.0 Å². The normalized spacial score (nSPS) is 10.9. The molecule has 6 heteroatoms. The van der Waals surface area contributed by atoms with E-state index < -0.39 is 0 Å². The molecule has 0 spiro atoms. The van der Waals surface area contributed by atoms with E-state index in [9.17, 15) is 0 Å². The van der Waals surface area contributed by atoms with Crippen LogP contribution in [0.25, 0.3) is 0 Å². The maximum Gasteiger partial charge on any atom is 0.180 e. The molecule has 1 aromatic carbocycles. The van der Waals surface area contributed by atoms with Crippen LogP contribution in [0.1, 0.15) is 25.1 Å². The van der Waals surface area contributed by atoms with E-state index in [1.165, 1.54) is 11.3 Å². The second kappa shape index (κ2) is 7.64. The molecule has 21 heavy (non-hydrogen) atoms. The number of halogens is 1. The fourth-order valence-corrected chi connectivity index (χ4v) is 2.62. The number of rotatable bonds is 7. The second-order valence-electron chi connectivity index (χ2n) is 4.91. The summed E-state index contributed by atoms with van der Waals surface area (Å²) < 4.78 is 11.1. The van der Waals surface area contributed by atoms with Crippen molar-refractivity contribution in [1.82, 2.24) is 10.3 Å². The average molecular weight is 327 g/mol. The molecule has 0 bridgehead atoms. The van der Waals surface area contributed by atoms with Crippen molar-refractivity contribution in [3.05, 3.63) is 39.3 Å². The van der Waals surface area contributed by atoms with Crippen LogP contribution in [-0.4, -0.2) is 18.1 Å². The maximum atomic E-state index is 6.32. The van der Waals surface area contributed by atoms with Crippen LogP contribution in [0, 0.1) is 0 Å². The van der Waals surface area contributed by atoms with Crippen molar-refractivity contribution in [3.8, 4) is 11.5 Å². The number of benzene rings is 1. The summed E-state index contributed by atoms with van der Waals surface area (Å²) in [5, 5.41) is 5.84. The molecule has 2 aromatic rings. The summed E-state index contributed by atoms with van der Waals surface area (Å²) in [7, 11) is 1.61. The zero-order chi connectivity index (χ0) is 15.2. The lowest BCUT2D eigenvalue weighted by atomic mass is 10.2. The SMILES string of the molecule is COc1cc(CNC(C)C)cc(Cl)c1OCc1cscn1. The average Bonchev–Trinajstić information content (AvgIpc) is 2.96. The van der Waals surface area contributed by atoms with E-state index in [1.54, 1.807) is 12.6 Å². The third kappa shape index (κ3) is 4.59. The van der Waals surface area contributed by atoms with Crippen LogP contribution in [0.4, 0.5) is 0 Å². The lowest BCUT2D eigenvalue weighted by Gasteiger charge is -2.15. The maximum absolute atomic E-state index is 6.32. The Hall–Kier alpha value is -1.30. The fraction of sp³-hybridized carbons (Fsp3) is 0.400. The number of nitrogens with one attached hydrogen (secondary N) is 1. The van der Waals surface area contributed by atoms with Crippen molar-refractivity contribution in [2.24, 2.45) is 0 Å². The Morgan fingerprint density at radius 1 is 1.38 bits per heavy atom. The van der Waals surface area contributed by atoms with E-state index in [1.807, 2.05) is 17.5 Å². The molecule has 4 nitrogen and oxygen atoms in total. The largest absolute Gasteiger partial charge is 0.493 e. The van der Waals surface area contributed by atoms with Crippen molar-refractivity contribution in [1.29, 1.82) is 0 Å². The van der Waals surface area contributed by atoms with Gasteiger partial charge in [0.15, 0.2) is 11.5 Å². The number of thiazole rings is 1. The van der Waals surface area contributed by atoms with Gasteiger partial charge in [-0.1, -0.05) is 25.4 Å². The summed E-state index contributed by atoms with van der Waals surface area (Å²) in [5.41, 5.74) is 3.72. The van der Waals surface area contributed by atoms with Crippen molar-refractivity contribution in [3.63, 3.8) is 0 Å². The van der Waals surface area contributed by atoms with Crippen LogP contribution in [0.2, 0.25) is 5.02 Å². The van der Waals surface area contributed by atoms with Gasteiger partial charge in [-0.05, 0) is 17.7 Å². The van der Waals surface area contributed by atoms with Gasteiger partial charge in [0.25, 0.3) is 0 Å². The van der Waals surface area contributed by atoms with E-state index in [0.29, 0.717) is 29.2 Å². The van der Waals surface area contributed by atoms with Gasteiger partial charge >= 0.3 is 0 Å². The quantitative estimate of drug-likeness (QED) is 0.838. The number of nitrogens with zero attached hydrogens (tertiary/aromatic N) is 1. The highest BCUT2D eigenvalue weighted by molar-refractivity contribution is 7.07. The molecular formula is C15H19ClN2O2S. The molecule has 0 atom stereocenters. The summed E-state index contributed by atoms with van der Waals surface area (Å²) in [4.78, 5) is 4.18. The molecule has 0 aliphatic carbocycles. The Kier molecular flexibility index (Phi) is 5.85. The summed E-state index contributed by atoms with van der Waals surface area (Å²) in [6.07, 6.45) is 0. The number of ether oxygens (including phenoxy) is 2. The standard InChI is InChI=1S/C15H19ClN2O2S/c1-10(2)17-6-11-4-13(16)15(14(5-11)19-3)20-7-12-8-21-9-18-12/h4-5,8-10,17H,6-7H2,1-3H3. The monoisotopic (exact) mass is 326 g/mol. The fourth-order valence-electron chi connectivity index (χ4n) is 1.79. The predicted octanol–water partition coefficient (Wildman–Crippen LogP) is 3.88. The van der Waals surface area contributed by atoms with E-state index in [2.05, 4.69) is 24.1 Å². The van der Waals surface area contributed by atoms with Gasteiger partial charge in [0.05, 0.1) is 23.3 Å². The van der Waals surface area contributed by atoms with Crippen LogP contribution < -0.4 is 14.8 Å². The topological polar surface area (TPSA) is 43.4 Å². The molecule has 1 heterocycles. The van der Waals surface area contributed by atoms with E-state index in [4.69, 9.17) is 21.1 Å². The highest BCUT2D eigenvalue weighted by Crippen LogP contribution is 2.37. The highest BCUT2D eigenvalue weighted by atomic mass is 35.5. The van der Waals surface area contributed by atoms with Crippen LogP contribution in [-0.2, 0) is 13.2 Å². The highest BCUT2D eigenvalue weighted by Gasteiger charge is 2.13. The molecule has 0 radical (unpaired) electrons. The molecule has 1 aromatic heterocycles. The third-order valence-electron chi connectivity index (χ3n) is 2.85. The molecule has 2 rings (SSSR count). The van der Waals surface area contributed by atoms with Gasteiger partial charge in [-0.2, -0.15) is 0 Å². The Balaban J connectivity index is 2.12. The van der Waals surface area contributed by atoms with Crippen LogP contribution >= 0.6 is 22.9 Å². The molecule has 0 saturated carbocycles. The first-order valence-corrected chi connectivity index (χ1v) is 8.02. The molecule has 0 aliphatic heterocycles. The smallest absolute Gasteiger partial charge is 0.180 e. The minimum Gasteiger partial charge on any atom is -0.493 e. The van der Waals surface area contributed by atoms with Gasteiger partial charge in [0, 0.05) is 18.0 Å². The summed E-state index contributed by atoms with van der Waals surface area (Å²) in [6, 6.07) is 4.25. The lowest BCUT2D eigenvalue weighted by Crippen LogP contribution is -2.21. The Labute approximate surface area is 134 Å². The number of aromatic nitrogens is 1. The van der Waals surface area contributed by atoms with Gasteiger partial charge < -0.3 is 14.8 Å². The summed E-state index contributed by atoms with van der Waals surface area (Å²) in [6.45, 7) is 5.32. The Morgan fingerprint density at radius 3 is 2.81 bits per heavy atom. The van der Waals surface area contributed by atoms with Gasteiger partial charge in [-0.15, -0.1) is 11.3 Å². The van der Waals surface area contributed by atoms with Crippen LogP contribution in [0.3, 0.4) is 0 Å². The molecule has 0 fully saturated rings. The van der Waals surface area contributed by atoms with Crippen molar-refractivity contribution < 1.29 is 9.47 Å². The van der Waals surface area contributed by atoms with Gasteiger partial charge in [-0.25, -0.2) is 4.98 Å². The minimum absolute atomic E-state index is 0.378. The van der Waals surface area contributed by atoms with Gasteiger partial charge in [-0.3, -0.25) is 0 Å². The zero-order valence-electron chi connectivity index (χ0n) is 12.4. The number of hydrogen-bond acceptors (Lipinski definition) is 5. The molecule has 1 N–H and O–H groups in total. The van der Waals surface area contributed by atoms with E-state index >= 15 is 0 Å². The summed E-state index contributed by atoms with van der Waals surface area (Å²) in [5.74, 6) is 1.19. The Bertz CT molecular complexity index is 573. The molecule has 0 saturated heterocycles. The zero-order valence-corrected chi connectivity index (χ0v) is 13.9. The van der Waals surface area contributed by atoms with Gasteiger partial charge in [0.2, 0.25) is 0 Å². The molecular weight excluding hydrogens is 308 g/mol. The first kappa shape index (κ1) is 16.1. The third-order valence-corrected chi connectivity index (χ3v) is 3.77. The second-order valence-corrected chi connectivity index (χ2v) is 6.04. The van der Waals surface area contributed by atoms with E-state index in [-0.39, 0.29) is 0 Å². The minimum atomic E-state index is 0.378. The number of methoxy groups -OCH3 is 1. The summed E-state index contributed by atoms with van der Waals surface area (Å²) >= 11 is 7.86. The van der Waals surface area contributed by atoms with Gasteiger partial charge in [0.1, 0.15) is 6.61 Å². The molecule has 0 amide bonds. The van der Waals surface area contributed by atoms with Crippen molar-refractivity contribution in [2.75, 3.05) is 7.11 Å². The van der Waals surface area contributed by atoms with Crippen molar-refractivity contribution in [2.45, 2.75) is 33.0 Å². The lowest BCUT2D eigenvalue weighted by molar-refractivity contribution is 0.281.